The first-order valence-electron chi connectivity index (χ1n) is 8.27. The van der Waals surface area contributed by atoms with Gasteiger partial charge in [-0.1, -0.05) is 54.6 Å². The smallest absolute Gasteiger partial charge is 0.240 e. The van der Waals surface area contributed by atoms with Gasteiger partial charge in [-0.15, -0.1) is 0 Å². The SMILES string of the molecule is CC(=O)N1N=C2c3ccccc3CCC[C@@H]2[C@H]1c1ccccc1. The largest absolute Gasteiger partial charge is 0.273 e. The van der Waals surface area contributed by atoms with Crippen LogP contribution in [0.1, 0.15) is 42.5 Å². The van der Waals surface area contributed by atoms with Crippen LogP contribution in [0, 0.1) is 5.92 Å². The molecule has 1 amide bonds. The quantitative estimate of drug-likeness (QED) is 0.785. The predicted octanol–water partition coefficient (Wildman–Crippen LogP) is 3.95. The number of carbonyl (C=O) groups excluding carboxylic acids is 1. The number of fused-ring (bicyclic) bond motifs is 3. The molecule has 1 aliphatic carbocycles. The Morgan fingerprint density at radius 3 is 2.61 bits per heavy atom. The summed E-state index contributed by atoms with van der Waals surface area (Å²) in [5, 5.41) is 6.46. The summed E-state index contributed by atoms with van der Waals surface area (Å²) in [6, 6.07) is 18.8. The van der Waals surface area contributed by atoms with Crippen molar-refractivity contribution >= 4 is 11.6 Å². The Labute approximate surface area is 136 Å². The zero-order valence-electron chi connectivity index (χ0n) is 13.3. The standard InChI is InChI=1S/C20H20N2O/c1-14(23)22-20(16-9-3-2-4-10-16)18-13-7-11-15-8-5-6-12-17(15)19(18)21-22/h2-6,8-10,12,18,20H,7,11,13H2,1H3/t18-,20+/m0/s1. The monoisotopic (exact) mass is 304 g/mol. The van der Waals surface area contributed by atoms with Crippen LogP contribution in [0.5, 0.6) is 0 Å². The van der Waals surface area contributed by atoms with Crippen LogP contribution in [-0.2, 0) is 11.2 Å². The summed E-state index contributed by atoms with van der Waals surface area (Å²) in [6.45, 7) is 1.61. The van der Waals surface area contributed by atoms with Crippen molar-refractivity contribution in [3.63, 3.8) is 0 Å². The Morgan fingerprint density at radius 1 is 1.09 bits per heavy atom. The van der Waals surface area contributed by atoms with E-state index in [1.165, 1.54) is 16.7 Å². The van der Waals surface area contributed by atoms with Gasteiger partial charge in [0.25, 0.3) is 0 Å². The van der Waals surface area contributed by atoms with E-state index < -0.39 is 0 Å². The average Bonchev–Trinajstić information content (AvgIpc) is 2.86. The summed E-state index contributed by atoms with van der Waals surface area (Å²) in [6.07, 6.45) is 3.29. The fourth-order valence-electron chi connectivity index (χ4n) is 3.91. The number of nitrogens with zero attached hydrogens (tertiary/aromatic N) is 2. The first-order chi connectivity index (χ1) is 11.3. The highest BCUT2D eigenvalue weighted by molar-refractivity contribution is 6.06. The van der Waals surface area contributed by atoms with Crippen molar-refractivity contribution in [3.05, 3.63) is 71.3 Å². The van der Waals surface area contributed by atoms with Gasteiger partial charge in [0.1, 0.15) is 0 Å². The van der Waals surface area contributed by atoms with Gasteiger partial charge in [-0.05, 0) is 30.4 Å². The summed E-state index contributed by atoms with van der Waals surface area (Å²) in [5.74, 6) is 0.293. The molecule has 0 aromatic heterocycles. The van der Waals surface area contributed by atoms with E-state index in [9.17, 15) is 4.79 Å². The van der Waals surface area contributed by atoms with Gasteiger partial charge in [0, 0.05) is 18.4 Å². The van der Waals surface area contributed by atoms with Crippen LogP contribution in [0.2, 0.25) is 0 Å². The average molecular weight is 304 g/mol. The molecule has 1 aliphatic heterocycles. The lowest BCUT2D eigenvalue weighted by molar-refractivity contribution is -0.131. The second-order valence-electron chi connectivity index (χ2n) is 6.36. The number of hydrogen-bond acceptors (Lipinski definition) is 2. The molecule has 23 heavy (non-hydrogen) atoms. The van der Waals surface area contributed by atoms with E-state index in [1.54, 1.807) is 11.9 Å². The maximum absolute atomic E-state index is 12.2. The number of rotatable bonds is 1. The van der Waals surface area contributed by atoms with Crippen molar-refractivity contribution in [2.75, 3.05) is 0 Å². The number of hydrogen-bond donors (Lipinski definition) is 0. The zero-order valence-corrected chi connectivity index (χ0v) is 13.3. The summed E-state index contributed by atoms with van der Waals surface area (Å²) in [4.78, 5) is 12.2. The van der Waals surface area contributed by atoms with Crippen LogP contribution < -0.4 is 0 Å². The molecule has 116 valence electrons. The molecular formula is C20H20N2O. The molecule has 0 saturated carbocycles. The van der Waals surface area contributed by atoms with Crippen molar-refractivity contribution in [2.24, 2.45) is 11.0 Å². The van der Waals surface area contributed by atoms with Gasteiger partial charge in [0.05, 0.1) is 11.8 Å². The van der Waals surface area contributed by atoms with E-state index in [4.69, 9.17) is 5.10 Å². The lowest BCUT2D eigenvalue weighted by atomic mass is 9.85. The predicted molar refractivity (Wildman–Crippen MR) is 91.1 cm³/mol. The summed E-state index contributed by atoms with van der Waals surface area (Å²) in [7, 11) is 0. The van der Waals surface area contributed by atoms with Crippen molar-refractivity contribution in [1.82, 2.24) is 5.01 Å². The Bertz CT molecular complexity index is 766. The summed E-state index contributed by atoms with van der Waals surface area (Å²) in [5.41, 5.74) is 4.83. The van der Waals surface area contributed by atoms with Gasteiger partial charge >= 0.3 is 0 Å². The highest BCUT2D eigenvalue weighted by Gasteiger charge is 2.41. The normalized spacial score (nSPS) is 22.8. The van der Waals surface area contributed by atoms with E-state index in [0.29, 0.717) is 0 Å². The van der Waals surface area contributed by atoms with Crippen molar-refractivity contribution in [2.45, 2.75) is 32.2 Å². The third-order valence-electron chi connectivity index (χ3n) is 4.93. The molecular weight excluding hydrogens is 284 g/mol. The van der Waals surface area contributed by atoms with E-state index in [1.807, 2.05) is 18.2 Å². The third-order valence-corrected chi connectivity index (χ3v) is 4.93. The fourth-order valence-corrected chi connectivity index (χ4v) is 3.91. The van der Waals surface area contributed by atoms with Crippen LogP contribution >= 0.6 is 0 Å². The Morgan fingerprint density at radius 2 is 1.83 bits per heavy atom. The molecule has 1 heterocycles. The van der Waals surface area contributed by atoms with Gasteiger partial charge in [-0.2, -0.15) is 5.10 Å². The molecule has 0 saturated heterocycles. The molecule has 3 nitrogen and oxygen atoms in total. The van der Waals surface area contributed by atoms with Gasteiger partial charge in [-0.3, -0.25) is 4.79 Å². The van der Waals surface area contributed by atoms with Gasteiger partial charge in [0.2, 0.25) is 5.91 Å². The lowest BCUT2D eigenvalue weighted by Crippen LogP contribution is -2.29. The Hall–Kier alpha value is -2.42. The Balaban J connectivity index is 1.84. The van der Waals surface area contributed by atoms with Crippen molar-refractivity contribution < 1.29 is 4.79 Å². The molecule has 4 rings (SSSR count). The molecule has 0 bridgehead atoms. The molecule has 3 heteroatoms. The van der Waals surface area contributed by atoms with E-state index in [2.05, 4.69) is 36.4 Å². The minimum absolute atomic E-state index is 0.0110. The number of hydrazone groups is 1. The van der Waals surface area contributed by atoms with E-state index in [-0.39, 0.29) is 17.9 Å². The van der Waals surface area contributed by atoms with Crippen LogP contribution in [0.25, 0.3) is 0 Å². The molecule has 0 fully saturated rings. The van der Waals surface area contributed by atoms with Gasteiger partial charge in [-0.25, -0.2) is 5.01 Å². The highest BCUT2D eigenvalue weighted by Crippen LogP contribution is 2.42. The van der Waals surface area contributed by atoms with Crippen LogP contribution in [-0.4, -0.2) is 16.6 Å². The second kappa shape index (κ2) is 5.65. The second-order valence-corrected chi connectivity index (χ2v) is 6.36. The molecule has 0 spiro atoms. The molecule has 0 unspecified atom stereocenters. The number of carbonyl (C=O) groups is 1. The maximum atomic E-state index is 12.2. The minimum atomic E-state index is 0.0110. The molecule has 0 N–H and O–H groups in total. The molecule has 0 radical (unpaired) electrons. The fraction of sp³-hybridized carbons (Fsp3) is 0.300. The van der Waals surface area contributed by atoms with Crippen molar-refractivity contribution in [1.29, 1.82) is 0 Å². The first kappa shape index (κ1) is 14.2. The first-order valence-corrected chi connectivity index (χ1v) is 8.27. The van der Waals surface area contributed by atoms with Crippen LogP contribution in [0.4, 0.5) is 0 Å². The van der Waals surface area contributed by atoms with Gasteiger partial charge < -0.3 is 0 Å². The summed E-state index contributed by atoms with van der Waals surface area (Å²) >= 11 is 0. The third kappa shape index (κ3) is 2.37. The van der Waals surface area contributed by atoms with Crippen LogP contribution in [0.15, 0.2) is 59.7 Å². The number of aryl methyl sites for hydroxylation is 1. The molecule has 2 aromatic carbocycles. The lowest BCUT2D eigenvalue weighted by Gasteiger charge is -2.26. The van der Waals surface area contributed by atoms with E-state index >= 15 is 0 Å². The van der Waals surface area contributed by atoms with E-state index in [0.717, 1.165) is 25.0 Å². The minimum Gasteiger partial charge on any atom is -0.273 e. The Kier molecular flexibility index (Phi) is 3.49. The topological polar surface area (TPSA) is 32.7 Å². The van der Waals surface area contributed by atoms with Crippen LogP contribution in [0.3, 0.4) is 0 Å². The summed E-state index contributed by atoms with van der Waals surface area (Å²) < 4.78 is 0. The van der Waals surface area contributed by atoms with Crippen molar-refractivity contribution in [3.8, 4) is 0 Å². The number of amides is 1. The van der Waals surface area contributed by atoms with Gasteiger partial charge in [0.15, 0.2) is 0 Å². The molecule has 2 aliphatic rings. The zero-order chi connectivity index (χ0) is 15.8. The highest BCUT2D eigenvalue weighted by atomic mass is 16.2. The molecule has 2 atom stereocenters. The number of benzene rings is 2. The maximum Gasteiger partial charge on any atom is 0.240 e. The molecule has 2 aromatic rings.